The average Bonchev–Trinajstić information content (AvgIpc) is 2.14. The second-order valence-corrected chi connectivity index (χ2v) is 4.13. The highest BCUT2D eigenvalue weighted by atomic mass is 35.5. The molecule has 0 radical (unpaired) electrons. The van der Waals surface area contributed by atoms with E-state index in [-0.39, 0.29) is 27.1 Å². The van der Waals surface area contributed by atoms with E-state index in [2.05, 4.69) is 0 Å². The third-order valence-corrected chi connectivity index (χ3v) is 2.51. The molecular formula is C10H9Cl2NO3. The summed E-state index contributed by atoms with van der Waals surface area (Å²) in [6, 6.07) is 2.58. The van der Waals surface area contributed by atoms with Crippen molar-refractivity contribution in [1.82, 2.24) is 4.90 Å². The predicted molar refractivity (Wildman–Crippen MR) is 61.4 cm³/mol. The molecule has 1 amide bonds. The summed E-state index contributed by atoms with van der Waals surface area (Å²) in [5, 5.41) is 8.72. The highest BCUT2D eigenvalue weighted by Gasteiger charge is 2.18. The van der Waals surface area contributed by atoms with Crippen molar-refractivity contribution in [2.24, 2.45) is 0 Å². The summed E-state index contributed by atoms with van der Waals surface area (Å²) < 4.78 is 0. The quantitative estimate of drug-likeness (QED) is 0.890. The first kappa shape index (κ1) is 12.8. The number of carboxylic acid groups (broad SMARTS) is 1. The molecule has 86 valence electrons. The zero-order chi connectivity index (χ0) is 12.5. The number of nitrogens with zero attached hydrogens (tertiary/aromatic N) is 1. The monoisotopic (exact) mass is 261 g/mol. The van der Waals surface area contributed by atoms with Crippen LogP contribution >= 0.6 is 23.2 Å². The lowest BCUT2D eigenvalue weighted by atomic mass is 10.1. The molecule has 1 aromatic carbocycles. The molecule has 0 spiro atoms. The Hall–Kier alpha value is -1.26. The fourth-order valence-electron chi connectivity index (χ4n) is 1.16. The molecule has 0 aliphatic rings. The number of carboxylic acids is 1. The fraction of sp³-hybridized carbons (Fsp3) is 0.200. The van der Waals surface area contributed by atoms with Crippen molar-refractivity contribution in [3.05, 3.63) is 33.3 Å². The lowest BCUT2D eigenvalue weighted by Gasteiger charge is -2.11. The third-order valence-electron chi connectivity index (χ3n) is 1.91. The summed E-state index contributed by atoms with van der Waals surface area (Å²) in [5.41, 5.74) is 0.0589. The highest BCUT2D eigenvalue weighted by molar-refractivity contribution is 6.39. The van der Waals surface area contributed by atoms with Gasteiger partial charge in [0.05, 0.1) is 15.6 Å². The van der Waals surface area contributed by atoms with Gasteiger partial charge in [0.2, 0.25) is 0 Å². The van der Waals surface area contributed by atoms with Crippen molar-refractivity contribution >= 4 is 35.1 Å². The van der Waals surface area contributed by atoms with Gasteiger partial charge in [-0.3, -0.25) is 4.79 Å². The number of aromatic carboxylic acids is 1. The first-order chi connectivity index (χ1) is 7.34. The SMILES string of the molecule is CN(C)C(=O)c1cc(Cl)c(C(=O)O)c(Cl)c1. The van der Waals surface area contributed by atoms with Crippen LogP contribution in [-0.2, 0) is 0 Å². The summed E-state index contributed by atoms with van der Waals surface area (Å²) >= 11 is 11.5. The van der Waals surface area contributed by atoms with Crippen LogP contribution < -0.4 is 0 Å². The molecule has 0 aliphatic carbocycles. The van der Waals surface area contributed by atoms with Crippen LogP contribution in [0.3, 0.4) is 0 Å². The number of hydrogen-bond acceptors (Lipinski definition) is 2. The molecule has 4 nitrogen and oxygen atoms in total. The topological polar surface area (TPSA) is 57.6 Å². The lowest BCUT2D eigenvalue weighted by molar-refractivity contribution is 0.0696. The molecule has 0 saturated carbocycles. The van der Waals surface area contributed by atoms with Crippen LogP contribution in [0, 0.1) is 0 Å². The Morgan fingerprint density at radius 2 is 1.62 bits per heavy atom. The highest BCUT2D eigenvalue weighted by Crippen LogP contribution is 2.27. The Morgan fingerprint density at radius 3 is 1.94 bits per heavy atom. The predicted octanol–water partition coefficient (Wildman–Crippen LogP) is 2.39. The van der Waals surface area contributed by atoms with Gasteiger partial charge >= 0.3 is 5.97 Å². The van der Waals surface area contributed by atoms with E-state index in [1.165, 1.54) is 17.0 Å². The molecule has 6 heteroatoms. The van der Waals surface area contributed by atoms with Gasteiger partial charge in [-0.1, -0.05) is 23.2 Å². The molecule has 0 aromatic heterocycles. The maximum absolute atomic E-state index is 11.6. The van der Waals surface area contributed by atoms with Crippen LogP contribution in [0.25, 0.3) is 0 Å². The van der Waals surface area contributed by atoms with Crippen molar-refractivity contribution in [1.29, 1.82) is 0 Å². The standard InChI is InChI=1S/C10H9Cl2NO3/c1-13(2)9(14)5-3-6(11)8(10(15)16)7(12)4-5/h3-4H,1-2H3,(H,15,16). The van der Waals surface area contributed by atoms with Crippen molar-refractivity contribution in [3.63, 3.8) is 0 Å². The van der Waals surface area contributed by atoms with Crippen LogP contribution in [0.5, 0.6) is 0 Å². The Balaban J connectivity index is 3.30. The van der Waals surface area contributed by atoms with E-state index in [4.69, 9.17) is 28.3 Å². The summed E-state index contributed by atoms with van der Waals surface area (Å²) in [5.74, 6) is -1.51. The van der Waals surface area contributed by atoms with Crippen LogP contribution in [0.2, 0.25) is 10.0 Å². The molecular weight excluding hydrogens is 253 g/mol. The summed E-state index contributed by atoms with van der Waals surface area (Å²) in [6.07, 6.45) is 0. The number of carbonyl (C=O) groups excluding carboxylic acids is 1. The lowest BCUT2D eigenvalue weighted by Crippen LogP contribution is -2.21. The normalized spacial score (nSPS) is 10.0. The van der Waals surface area contributed by atoms with Crippen molar-refractivity contribution in [2.75, 3.05) is 14.1 Å². The minimum atomic E-state index is -1.22. The van der Waals surface area contributed by atoms with Crippen LogP contribution in [0.4, 0.5) is 0 Å². The molecule has 1 rings (SSSR count). The maximum Gasteiger partial charge on any atom is 0.338 e. The van der Waals surface area contributed by atoms with Crippen molar-refractivity contribution in [2.45, 2.75) is 0 Å². The Morgan fingerprint density at radius 1 is 1.19 bits per heavy atom. The van der Waals surface area contributed by atoms with E-state index in [1.54, 1.807) is 14.1 Å². The number of rotatable bonds is 2. The van der Waals surface area contributed by atoms with Crippen molar-refractivity contribution in [3.8, 4) is 0 Å². The van der Waals surface area contributed by atoms with Crippen molar-refractivity contribution < 1.29 is 14.7 Å². The van der Waals surface area contributed by atoms with Gasteiger partial charge < -0.3 is 10.0 Å². The Labute approximate surface area is 102 Å². The molecule has 1 aromatic rings. The second kappa shape index (κ2) is 4.72. The zero-order valence-corrected chi connectivity index (χ0v) is 10.1. The molecule has 16 heavy (non-hydrogen) atoms. The van der Waals surface area contributed by atoms with E-state index >= 15 is 0 Å². The van der Waals surface area contributed by atoms with E-state index in [1.807, 2.05) is 0 Å². The van der Waals surface area contributed by atoms with E-state index < -0.39 is 5.97 Å². The van der Waals surface area contributed by atoms with E-state index in [9.17, 15) is 9.59 Å². The summed E-state index contributed by atoms with van der Waals surface area (Å²) in [7, 11) is 3.16. The minimum absolute atomic E-state index is 0.0507. The largest absolute Gasteiger partial charge is 0.478 e. The number of halogens is 2. The third kappa shape index (κ3) is 2.46. The molecule has 0 fully saturated rings. The number of carbonyl (C=O) groups is 2. The van der Waals surface area contributed by atoms with E-state index in [0.29, 0.717) is 0 Å². The van der Waals surface area contributed by atoms with Crippen LogP contribution in [-0.4, -0.2) is 36.0 Å². The van der Waals surface area contributed by atoms with Gasteiger partial charge in [-0.2, -0.15) is 0 Å². The van der Waals surface area contributed by atoms with Gasteiger partial charge in [-0.05, 0) is 12.1 Å². The number of benzene rings is 1. The molecule has 0 aliphatic heterocycles. The first-order valence-corrected chi connectivity index (χ1v) is 5.04. The molecule has 0 atom stereocenters. The van der Waals surface area contributed by atoms with Gasteiger partial charge in [0, 0.05) is 19.7 Å². The average molecular weight is 262 g/mol. The smallest absolute Gasteiger partial charge is 0.338 e. The van der Waals surface area contributed by atoms with Gasteiger partial charge in [0.25, 0.3) is 5.91 Å². The number of hydrogen-bond donors (Lipinski definition) is 1. The molecule has 0 heterocycles. The van der Waals surface area contributed by atoms with Gasteiger partial charge in [0.15, 0.2) is 0 Å². The maximum atomic E-state index is 11.6. The fourth-order valence-corrected chi connectivity index (χ4v) is 1.81. The van der Waals surface area contributed by atoms with Gasteiger partial charge in [-0.25, -0.2) is 4.79 Å². The van der Waals surface area contributed by atoms with Gasteiger partial charge in [-0.15, -0.1) is 0 Å². The molecule has 1 N–H and O–H groups in total. The van der Waals surface area contributed by atoms with Gasteiger partial charge in [0.1, 0.15) is 0 Å². The second-order valence-electron chi connectivity index (χ2n) is 3.32. The summed E-state index contributed by atoms with van der Waals surface area (Å²) in [4.78, 5) is 23.7. The zero-order valence-electron chi connectivity index (χ0n) is 8.62. The Kier molecular flexibility index (Phi) is 3.78. The van der Waals surface area contributed by atoms with Crippen LogP contribution in [0.1, 0.15) is 20.7 Å². The number of amides is 1. The molecule has 0 bridgehead atoms. The summed E-state index contributed by atoms with van der Waals surface area (Å²) in [6.45, 7) is 0. The minimum Gasteiger partial charge on any atom is -0.478 e. The van der Waals surface area contributed by atoms with E-state index in [0.717, 1.165) is 0 Å². The molecule has 0 unspecified atom stereocenters. The van der Waals surface area contributed by atoms with Crippen LogP contribution in [0.15, 0.2) is 12.1 Å². The Bertz CT molecular complexity index is 434. The first-order valence-electron chi connectivity index (χ1n) is 4.28. The molecule has 0 saturated heterocycles.